The number of aromatic nitrogens is 1. The topological polar surface area (TPSA) is 8.17 Å². The summed E-state index contributed by atoms with van der Waals surface area (Å²) in [5, 5.41) is 2.49. The molecule has 8 aromatic carbocycles. The zero-order valence-corrected chi connectivity index (χ0v) is 34.0. The molecule has 9 aromatic rings. The average molecular weight is 761 g/mol. The Morgan fingerprint density at radius 2 is 0.932 bits per heavy atom. The van der Waals surface area contributed by atoms with Gasteiger partial charge < -0.3 is 9.47 Å². The molecule has 286 valence electrons. The highest BCUT2D eigenvalue weighted by molar-refractivity contribution is 6.11. The van der Waals surface area contributed by atoms with E-state index in [0.29, 0.717) is 0 Å². The molecule has 0 fully saturated rings. The lowest BCUT2D eigenvalue weighted by Crippen LogP contribution is -2.26. The zero-order valence-electron chi connectivity index (χ0n) is 34.0. The van der Waals surface area contributed by atoms with Crippen LogP contribution in [0.5, 0.6) is 0 Å². The molecular formula is C57H48N2. The maximum atomic E-state index is 2.57. The average Bonchev–Trinajstić information content (AvgIpc) is 3.89. The van der Waals surface area contributed by atoms with Gasteiger partial charge in [0, 0.05) is 33.5 Å². The van der Waals surface area contributed by atoms with Crippen molar-refractivity contribution in [3.05, 3.63) is 215 Å². The highest BCUT2D eigenvalue weighted by atomic mass is 15.1. The van der Waals surface area contributed by atoms with Crippen LogP contribution in [0.1, 0.15) is 72.9 Å². The third-order valence-electron chi connectivity index (χ3n) is 13.1. The van der Waals surface area contributed by atoms with Crippen molar-refractivity contribution >= 4 is 38.9 Å². The SMILES string of the molecule is CCCCc1ccc2c(c1)C1(c3ccccc3-c3ccc(N(c4ccccc4)c4ccc5c(c4)c4ccccc4n5-c4ccccc4)cc31)c1cc(CCCC)ccc1-2. The summed E-state index contributed by atoms with van der Waals surface area (Å²) in [7, 11) is 0. The van der Waals surface area contributed by atoms with Crippen molar-refractivity contribution in [2.45, 2.75) is 57.8 Å². The number of unbranched alkanes of at least 4 members (excludes halogenated alkanes) is 2. The van der Waals surface area contributed by atoms with Gasteiger partial charge in [-0.2, -0.15) is 0 Å². The van der Waals surface area contributed by atoms with Crippen molar-refractivity contribution in [1.82, 2.24) is 4.57 Å². The molecule has 1 heterocycles. The number of hydrogen-bond acceptors (Lipinski definition) is 1. The Hall–Kier alpha value is -6.64. The van der Waals surface area contributed by atoms with Crippen LogP contribution in [-0.4, -0.2) is 4.57 Å². The smallest absolute Gasteiger partial charge is 0.0726 e. The summed E-state index contributed by atoms with van der Waals surface area (Å²) in [5.74, 6) is 0. The van der Waals surface area contributed by atoms with Gasteiger partial charge in [0.15, 0.2) is 0 Å². The molecule has 0 radical (unpaired) electrons. The van der Waals surface area contributed by atoms with Crippen LogP contribution in [-0.2, 0) is 18.3 Å². The van der Waals surface area contributed by atoms with E-state index in [2.05, 4.69) is 205 Å². The molecule has 11 rings (SSSR count). The summed E-state index contributed by atoms with van der Waals surface area (Å²) in [5.41, 5.74) is 20.5. The van der Waals surface area contributed by atoms with Gasteiger partial charge in [-0.1, -0.05) is 148 Å². The van der Waals surface area contributed by atoms with Gasteiger partial charge in [0.2, 0.25) is 0 Å². The first-order valence-electron chi connectivity index (χ1n) is 21.6. The summed E-state index contributed by atoms with van der Waals surface area (Å²) < 4.78 is 2.40. The van der Waals surface area contributed by atoms with Crippen LogP contribution in [0, 0.1) is 0 Å². The Morgan fingerprint density at radius 3 is 1.63 bits per heavy atom. The molecule has 0 amide bonds. The predicted octanol–water partition coefficient (Wildman–Crippen LogP) is 15.3. The molecule has 0 saturated carbocycles. The Morgan fingerprint density at radius 1 is 0.407 bits per heavy atom. The number of nitrogens with zero attached hydrogens (tertiary/aromatic N) is 2. The highest BCUT2D eigenvalue weighted by Crippen LogP contribution is 2.63. The maximum Gasteiger partial charge on any atom is 0.0726 e. The Kier molecular flexibility index (Phi) is 8.62. The monoisotopic (exact) mass is 760 g/mol. The number of rotatable bonds is 10. The van der Waals surface area contributed by atoms with Crippen LogP contribution in [0.3, 0.4) is 0 Å². The van der Waals surface area contributed by atoms with E-state index in [1.807, 2.05) is 0 Å². The van der Waals surface area contributed by atoms with Crippen LogP contribution < -0.4 is 4.90 Å². The van der Waals surface area contributed by atoms with E-state index >= 15 is 0 Å². The van der Waals surface area contributed by atoms with E-state index < -0.39 is 5.41 Å². The van der Waals surface area contributed by atoms with Crippen molar-refractivity contribution < 1.29 is 0 Å². The minimum absolute atomic E-state index is 0.424. The fraction of sp³-hybridized carbons (Fsp3) is 0.158. The second kappa shape index (κ2) is 14.3. The van der Waals surface area contributed by atoms with Gasteiger partial charge in [-0.05, 0) is 142 Å². The van der Waals surface area contributed by atoms with E-state index in [4.69, 9.17) is 0 Å². The molecule has 1 spiro atoms. The lowest BCUT2D eigenvalue weighted by atomic mass is 9.70. The molecule has 2 aliphatic rings. The second-order valence-electron chi connectivity index (χ2n) is 16.6. The summed E-state index contributed by atoms with van der Waals surface area (Å²) in [6, 6.07) is 68.8. The standard InChI is InChI=1S/C57H48N2/c1-3-5-17-39-27-31-46-47-32-28-40(18-6-4-2)36-53(47)57(52(46)35-39)51-25-15-13-23-45(51)48-33-29-44(38-54(48)57)58(41-19-9-7-10-20-41)43-30-34-56-50(37-43)49-24-14-16-26-55(49)59(56)42-21-11-8-12-22-42/h7-16,19-38H,3-6,17-18H2,1-2H3. The molecule has 2 nitrogen and oxygen atoms in total. The van der Waals surface area contributed by atoms with Crippen molar-refractivity contribution in [3.63, 3.8) is 0 Å². The highest BCUT2D eigenvalue weighted by Gasteiger charge is 2.52. The number of benzene rings is 8. The zero-order chi connectivity index (χ0) is 39.5. The van der Waals surface area contributed by atoms with Gasteiger partial charge >= 0.3 is 0 Å². The Bertz CT molecular complexity index is 2970. The lowest BCUT2D eigenvalue weighted by Gasteiger charge is -2.32. The first-order valence-corrected chi connectivity index (χ1v) is 21.6. The van der Waals surface area contributed by atoms with Crippen molar-refractivity contribution in [1.29, 1.82) is 0 Å². The van der Waals surface area contributed by atoms with Gasteiger partial charge in [0.25, 0.3) is 0 Å². The van der Waals surface area contributed by atoms with Crippen molar-refractivity contribution in [2.24, 2.45) is 0 Å². The van der Waals surface area contributed by atoms with E-state index in [-0.39, 0.29) is 0 Å². The normalized spacial score (nSPS) is 13.1. The van der Waals surface area contributed by atoms with Gasteiger partial charge in [-0.3, -0.25) is 0 Å². The molecule has 0 unspecified atom stereocenters. The minimum atomic E-state index is -0.424. The summed E-state index contributed by atoms with van der Waals surface area (Å²) >= 11 is 0. The first-order chi connectivity index (χ1) is 29.2. The molecule has 0 saturated heterocycles. The van der Waals surface area contributed by atoms with Crippen molar-refractivity contribution in [3.8, 4) is 27.9 Å². The molecule has 1 aromatic heterocycles. The number of hydrogen-bond donors (Lipinski definition) is 0. The van der Waals surface area contributed by atoms with Gasteiger partial charge in [0.1, 0.15) is 0 Å². The van der Waals surface area contributed by atoms with Crippen LogP contribution in [0.2, 0.25) is 0 Å². The van der Waals surface area contributed by atoms with Crippen LogP contribution in [0.25, 0.3) is 49.7 Å². The van der Waals surface area contributed by atoms with E-state index in [0.717, 1.165) is 29.9 Å². The minimum Gasteiger partial charge on any atom is -0.310 e. The number of aryl methyl sites for hydroxylation is 2. The largest absolute Gasteiger partial charge is 0.310 e. The quantitative estimate of drug-likeness (QED) is 0.135. The molecule has 0 aliphatic heterocycles. The lowest BCUT2D eigenvalue weighted by molar-refractivity contribution is 0.767. The molecule has 2 heteroatoms. The van der Waals surface area contributed by atoms with Crippen molar-refractivity contribution in [2.75, 3.05) is 4.90 Å². The second-order valence-corrected chi connectivity index (χ2v) is 16.6. The number of fused-ring (bicyclic) bond motifs is 13. The summed E-state index contributed by atoms with van der Waals surface area (Å²) in [6.07, 6.45) is 6.95. The summed E-state index contributed by atoms with van der Waals surface area (Å²) in [6.45, 7) is 4.59. The van der Waals surface area contributed by atoms with E-state index in [1.54, 1.807) is 0 Å². The molecular weight excluding hydrogens is 713 g/mol. The summed E-state index contributed by atoms with van der Waals surface area (Å²) in [4.78, 5) is 2.47. The fourth-order valence-corrected chi connectivity index (χ4v) is 10.5. The molecule has 2 aliphatic carbocycles. The van der Waals surface area contributed by atoms with Crippen LogP contribution in [0.15, 0.2) is 182 Å². The van der Waals surface area contributed by atoms with Gasteiger partial charge in [-0.15, -0.1) is 0 Å². The van der Waals surface area contributed by atoms with Gasteiger partial charge in [-0.25, -0.2) is 0 Å². The molecule has 0 bridgehead atoms. The number of para-hydroxylation sites is 3. The molecule has 59 heavy (non-hydrogen) atoms. The van der Waals surface area contributed by atoms with Crippen LogP contribution >= 0.6 is 0 Å². The Balaban J connectivity index is 1.16. The molecule has 0 atom stereocenters. The third kappa shape index (κ3) is 5.46. The van der Waals surface area contributed by atoms with Crippen LogP contribution in [0.4, 0.5) is 17.1 Å². The first kappa shape index (κ1) is 35.5. The molecule has 0 N–H and O–H groups in total. The van der Waals surface area contributed by atoms with E-state index in [1.165, 1.54) is 109 Å². The van der Waals surface area contributed by atoms with Gasteiger partial charge in [0.05, 0.1) is 16.4 Å². The van der Waals surface area contributed by atoms with E-state index in [9.17, 15) is 0 Å². The maximum absolute atomic E-state index is 2.57. The predicted molar refractivity (Wildman–Crippen MR) is 249 cm³/mol. The Labute approximate surface area is 348 Å². The number of anilines is 3. The third-order valence-corrected chi connectivity index (χ3v) is 13.1. The fourth-order valence-electron chi connectivity index (χ4n) is 10.5.